The van der Waals surface area contributed by atoms with Gasteiger partial charge in [-0.05, 0) is 37.4 Å². The van der Waals surface area contributed by atoms with Crippen molar-refractivity contribution in [3.8, 4) is 0 Å². The fraction of sp³-hybridized carbons (Fsp3) is 0.500. The van der Waals surface area contributed by atoms with Crippen molar-refractivity contribution in [1.82, 2.24) is 4.90 Å². The van der Waals surface area contributed by atoms with Crippen molar-refractivity contribution in [3.05, 3.63) is 29.8 Å². The van der Waals surface area contributed by atoms with Crippen LogP contribution in [0, 0.1) is 0 Å². The Morgan fingerprint density at radius 1 is 1.23 bits per heavy atom. The number of likely N-dealkylation sites (tertiary alicyclic amines) is 1. The first-order chi connectivity index (χ1) is 10.2. The van der Waals surface area contributed by atoms with Crippen molar-refractivity contribution in [2.24, 2.45) is 0 Å². The highest BCUT2D eigenvalue weighted by Gasteiger charge is 2.31. The summed E-state index contributed by atoms with van der Waals surface area (Å²) in [6.07, 6.45) is 2.88. The van der Waals surface area contributed by atoms with Crippen molar-refractivity contribution >= 4 is 30.0 Å². The molecule has 22 heavy (non-hydrogen) atoms. The van der Waals surface area contributed by atoms with Gasteiger partial charge in [0.25, 0.3) is 0 Å². The maximum Gasteiger partial charge on any atom is 0.320 e. The van der Waals surface area contributed by atoms with Crippen LogP contribution in [0.5, 0.6) is 0 Å². The molecule has 1 atom stereocenters. The van der Waals surface area contributed by atoms with Gasteiger partial charge >= 0.3 is 5.97 Å². The first-order valence-corrected chi connectivity index (χ1v) is 7.52. The summed E-state index contributed by atoms with van der Waals surface area (Å²) in [6, 6.07) is 7.57. The van der Waals surface area contributed by atoms with E-state index >= 15 is 0 Å². The molecule has 0 saturated carbocycles. The van der Waals surface area contributed by atoms with Gasteiger partial charge in [-0.15, -0.1) is 12.4 Å². The molecule has 6 heteroatoms. The summed E-state index contributed by atoms with van der Waals surface area (Å²) in [5, 5.41) is 9.15. The molecule has 1 amide bonds. The van der Waals surface area contributed by atoms with Crippen LogP contribution in [0.25, 0.3) is 0 Å². The zero-order valence-corrected chi connectivity index (χ0v) is 13.2. The molecular formula is C16H21ClN2O3. The van der Waals surface area contributed by atoms with Gasteiger partial charge in [0.1, 0.15) is 6.04 Å². The summed E-state index contributed by atoms with van der Waals surface area (Å²) in [4.78, 5) is 27.3. The van der Waals surface area contributed by atoms with Crippen LogP contribution in [0.1, 0.15) is 24.8 Å². The van der Waals surface area contributed by atoms with Gasteiger partial charge < -0.3 is 10.0 Å². The summed E-state index contributed by atoms with van der Waals surface area (Å²) in [7, 11) is 0. The van der Waals surface area contributed by atoms with Gasteiger partial charge in [-0.1, -0.05) is 18.2 Å². The Balaban J connectivity index is 0.00000176. The molecule has 1 N–H and O–H groups in total. The minimum atomic E-state index is -0.772. The molecule has 0 radical (unpaired) electrons. The van der Waals surface area contributed by atoms with Crippen LogP contribution in [-0.2, 0) is 16.0 Å². The lowest BCUT2D eigenvalue weighted by atomic mass is 10.2. The Kier molecular flexibility index (Phi) is 5.42. The van der Waals surface area contributed by atoms with E-state index in [-0.39, 0.29) is 18.3 Å². The molecule has 2 aliphatic rings. The smallest absolute Gasteiger partial charge is 0.320 e. The fourth-order valence-corrected chi connectivity index (χ4v) is 3.34. The highest BCUT2D eigenvalue weighted by molar-refractivity contribution is 5.95. The number of carboxylic acids is 1. The molecule has 5 nitrogen and oxygen atoms in total. The van der Waals surface area contributed by atoms with Gasteiger partial charge in [0.15, 0.2) is 0 Å². The number of fused-ring (bicyclic) bond motifs is 1. The number of halogens is 1. The van der Waals surface area contributed by atoms with E-state index in [0.29, 0.717) is 19.4 Å². The van der Waals surface area contributed by atoms with Gasteiger partial charge in [-0.2, -0.15) is 0 Å². The normalized spacial score (nSPS) is 20.5. The average molecular weight is 325 g/mol. The molecule has 1 fully saturated rings. The molecule has 3 rings (SSSR count). The van der Waals surface area contributed by atoms with Crippen LogP contribution in [-0.4, -0.2) is 47.6 Å². The number of hydrogen-bond donors (Lipinski definition) is 1. The number of carbonyl (C=O) groups is 2. The molecule has 2 aliphatic heterocycles. The molecule has 1 saturated heterocycles. The lowest BCUT2D eigenvalue weighted by molar-refractivity contribution is -0.142. The van der Waals surface area contributed by atoms with Crippen LogP contribution < -0.4 is 4.90 Å². The molecule has 0 spiro atoms. The summed E-state index contributed by atoms with van der Waals surface area (Å²) in [5.74, 6) is -0.678. The first kappa shape index (κ1) is 16.8. The highest BCUT2D eigenvalue weighted by Crippen LogP contribution is 2.28. The predicted molar refractivity (Wildman–Crippen MR) is 86.6 cm³/mol. The maximum atomic E-state index is 12.4. The van der Waals surface area contributed by atoms with E-state index in [1.807, 2.05) is 28.0 Å². The van der Waals surface area contributed by atoms with Crippen LogP contribution in [0.3, 0.4) is 0 Å². The van der Waals surface area contributed by atoms with Gasteiger partial charge in [0, 0.05) is 25.2 Å². The standard InChI is InChI=1S/C16H20N2O3.ClH/c19-15(8-10-17-9-3-6-14(17)16(20)21)18-11-7-12-4-1-2-5-13(12)18;/h1-2,4-5,14H,3,6-11H2,(H,20,21);1H/t14-;/m1./s1. The Bertz CT molecular complexity index is 564. The van der Waals surface area contributed by atoms with Crippen LogP contribution >= 0.6 is 12.4 Å². The average Bonchev–Trinajstić information content (AvgIpc) is 3.11. The number of carbonyl (C=O) groups excluding carboxylic acids is 1. The quantitative estimate of drug-likeness (QED) is 0.919. The second-order valence-corrected chi connectivity index (χ2v) is 5.71. The highest BCUT2D eigenvalue weighted by atomic mass is 35.5. The molecule has 120 valence electrons. The molecular weight excluding hydrogens is 304 g/mol. The number of anilines is 1. The van der Waals surface area contributed by atoms with E-state index in [1.165, 1.54) is 5.56 Å². The number of nitrogens with zero attached hydrogens (tertiary/aromatic N) is 2. The number of hydrogen-bond acceptors (Lipinski definition) is 3. The number of aliphatic carboxylic acids is 1. The zero-order chi connectivity index (χ0) is 14.8. The van der Waals surface area contributed by atoms with Crippen molar-refractivity contribution in [1.29, 1.82) is 0 Å². The Hall–Kier alpha value is -1.59. The van der Waals surface area contributed by atoms with E-state index in [0.717, 1.165) is 31.6 Å². The lowest BCUT2D eigenvalue weighted by Gasteiger charge is -2.23. The largest absolute Gasteiger partial charge is 0.480 e. The fourth-order valence-electron chi connectivity index (χ4n) is 3.34. The van der Waals surface area contributed by atoms with Gasteiger partial charge in [0.2, 0.25) is 5.91 Å². The predicted octanol–water partition coefficient (Wildman–Crippen LogP) is 1.94. The Labute approximate surface area is 136 Å². The minimum absolute atomic E-state index is 0. The van der Waals surface area contributed by atoms with Crippen molar-refractivity contribution < 1.29 is 14.7 Å². The molecule has 1 aromatic carbocycles. The first-order valence-electron chi connectivity index (χ1n) is 7.52. The molecule has 0 aliphatic carbocycles. The number of para-hydroxylation sites is 1. The minimum Gasteiger partial charge on any atom is -0.480 e. The van der Waals surface area contributed by atoms with Crippen LogP contribution in [0.15, 0.2) is 24.3 Å². The van der Waals surface area contributed by atoms with Crippen LogP contribution in [0.2, 0.25) is 0 Å². The summed E-state index contributed by atoms with van der Waals surface area (Å²) in [5.41, 5.74) is 2.23. The third-order valence-corrected chi connectivity index (χ3v) is 4.45. The number of rotatable bonds is 4. The molecule has 0 aromatic heterocycles. The van der Waals surface area contributed by atoms with E-state index in [1.54, 1.807) is 0 Å². The molecule has 1 aromatic rings. The summed E-state index contributed by atoms with van der Waals surface area (Å²) >= 11 is 0. The number of carboxylic acid groups (broad SMARTS) is 1. The third-order valence-electron chi connectivity index (χ3n) is 4.45. The van der Waals surface area contributed by atoms with E-state index < -0.39 is 12.0 Å². The Morgan fingerprint density at radius 2 is 2.00 bits per heavy atom. The summed E-state index contributed by atoms with van der Waals surface area (Å²) < 4.78 is 0. The monoisotopic (exact) mass is 324 g/mol. The van der Waals surface area contributed by atoms with Crippen molar-refractivity contribution in [3.63, 3.8) is 0 Å². The third kappa shape index (κ3) is 3.25. The number of benzene rings is 1. The second kappa shape index (κ2) is 7.11. The zero-order valence-electron chi connectivity index (χ0n) is 12.4. The van der Waals surface area contributed by atoms with E-state index in [2.05, 4.69) is 6.07 Å². The SMILES string of the molecule is Cl.O=C(O)[C@H]1CCCN1CCC(=O)N1CCc2ccccc21. The molecule has 0 unspecified atom stereocenters. The topological polar surface area (TPSA) is 60.9 Å². The van der Waals surface area contributed by atoms with Gasteiger partial charge in [0.05, 0.1) is 0 Å². The molecule has 0 bridgehead atoms. The van der Waals surface area contributed by atoms with Gasteiger partial charge in [-0.25, -0.2) is 0 Å². The lowest BCUT2D eigenvalue weighted by Crippen LogP contribution is -2.39. The Morgan fingerprint density at radius 3 is 2.77 bits per heavy atom. The van der Waals surface area contributed by atoms with Crippen LogP contribution in [0.4, 0.5) is 5.69 Å². The van der Waals surface area contributed by atoms with E-state index in [4.69, 9.17) is 5.11 Å². The summed E-state index contributed by atoms with van der Waals surface area (Å²) in [6.45, 7) is 2.05. The molecule has 2 heterocycles. The van der Waals surface area contributed by atoms with Crippen molar-refractivity contribution in [2.45, 2.75) is 31.7 Å². The van der Waals surface area contributed by atoms with Gasteiger partial charge in [-0.3, -0.25) is 14.5 Å². The van der Waals surface area contributed by atoms with Crippen molar-refractivity contribution in [2.75, 3.05) is 24.5 Å². The second-order valence-electron chi connectivity index (χ2n) is 5.71. The van der Waals surface area contributed by atoms with E-state index in [9.17, 15) is 9.59 Å². The number of amides is 1. The maximum absolute atomic E-state index is 12.4.